The van der Waals surface area contributed by atoms with E-state index in [2.05, 4.69) is 37.5 Å². The predicted octanol–water partition coefficient (Wildman–Crippen LogP) is 3.28. The number of aliphatic imine (C=N–C) groups is 1. The molecule has 0 spiro atoms. The fourth-order valence-electron chi connectivity index (χ4n) is 5.59. The highest BCUT2D eigenvalue weighted by Crippen LogP contribution is 2.31. The molecular weight excluding hydrogens is 635 g/mol. The molecule has 3 heterocycles. The number of nitrogens with two attached hydrogens (primary N) is 4. The van der Waals surface area contributed by atoms with E-state index in [9.17, 15) is 4.79 Å². The van der Waals surface area contributed by atoms with Gasteiger partial charge >= 0.3 is 5.69 Å². The molecule has 0 bridgehead atoms. The standard InChI is InChI=1S/C33H42ClFN12O/c1-19(37)4-3-5-21-12-27(30(35)28(34)13-21)29-14-23-16-47(33(48)43-31(23)42-29)26-8-6-22(7-9-26)20(2)40-11-10-24(41-32(38)39)17-46-18-25(15-36)44-45-46/h6-9,12-14,16,18-20,24,40H,3-5,10-11,15,17,36-37H2,1-2H3,(H4,38,39,41)(H,42,43,48)/t19-,20-,24-/m0/s1. The van der Waals surface area contributed by atoms with Gasteiger partial charge in [-0.25, -0.2) is 14.2 Å². The van der Waals surface area contributed by atoms with Crippen molar-refractivity contribution in [3.05, 3.63) is 93.0 Å². The van der Waals surface area contributed by atoms with Crippen molar-refractivity contribution in [2.24, 2.45) is 27.9 Å². The number of benzene rings is 2. The minimum Gasteiger partial charge on any atom is -0.370 e. The highest BCUT2D eigenvalue weighted by molar-refractivity contribution is 6.31. The van der Waals surface area contributed by atoms with E-state index in [0.29, 0.717) is 59.7 Å². The van der Waals surface area contributed by atoms with Gasteiger partial charge < -0.3 is 33.2 Å². The first-order valence-corrected chi connectivity index (χ1v) is 16.3. The van der Waals surface area contributed by atoms with Crippen molar-refractivity contribution in [2.45, 2.75) is 70.7 Å². The molecule has 0 saturated carbocycles. The van der Waals surface area contributed by atoms with Gasteiger partial charge in [-0.05, 0) is 87.5 Å². The molecule has 15 heteroatoms. The topological polar surface area (TPSA) is 210 Å². The van der Waals surface area contributed by atoms with Crippen LogP contribution in [0.2, 0.25) is 5.02 Å². The van der Waals surface area contributed by atoms with Gasteiger partial charge in [0.15, 0.2) is 11.8 Å². The van der Waals surface area contributed by atoms with Crippen molar-refractivity contribution in [2.75, 3.05) is 6.54 Å². The fraction of sp³-hybridized carbons (Fsp3) is 0.364. The van der Waals surface area contributed by atoms with Crippen molar-refractivity contribution in [1.82, 2.24) is 34.8 Å². The van der Waals surface area contributed by atoms with Crippen molar-refractivity contribution < 1.29 is 4.39 Å². The molecule has 0 saturated heterocycles. The number of aromatic amines is 1. The van der Waals surface area contributed by atoms with Crippen LogP contribution in [-0.4, -0.2) is 54.1 Å². The van der Waals surface area contributed by atoms with Gasteiger partial charge in [-0.3, -0.25) is 9.25 Å². The summed E-state index contributed by atoms with van der Waals surface area (Å²) >= 11 is 6.26. The van der Waals surface area contributed by atoms with Crippen LogP contribution in [0.25, 0.3) is 28.0 Å². The van der Waals surface area contributed by atoms with Crippen molar-refractivity contribution in [1.29, 1.82) is 0 Å². The molecule has 0 radical (unpaired) electrons. The van der Waals surface area contributed by atoms with Gasteiger partial charge in [0.25, 0.3) is 0 Å². The van der Waals surface area contributed by atoms with Gasteiger partial charge in [-0.15, -0.1) is 5.10 Å². The summed E-state index contributed by atoms with van der Waals surface area (Å²) < 4.78 is 18.3. The number of hydrogen-bond acceptors (Lipinski definition) is 8. The minimum atomic E-state index is -0.532. The van der Waals surface area contributed by atoms with E-state index in [-0.39, 0.29) is 29.1 Å². The molecule has 2 aromatic carbocycles. The van der Waals surface area contributed by atoms with Crippen molar-refractivity contribution >= 4 is 28.6 Å². The van der Waals surface area contributed by atoms with Crippen molar-refractivity contribution in [3.63, 3.8) is 0 Å². The Kier molecular flexibility index (Phi) is 11.2. The maximum atomic E-state index is 15.2. The number of nitrogens with zero attached hydrogens (tertiary/aromatic N) is 6. The highest BCUT2D eigenvalue weighted by atomic mass is 35.5. The van der Waals surface area contributed by atoms with Gasteiger partial charge in [-0.2, -0.15) is 4.98 Å². The second-order valence-electron chi connectivity index (χ2n) is 12.1. The molecular formula is C33H42ClFN12O. The average Bonchev–Trinajstić information content (AvgIpc) is 3.68. The van der Waals surface area contributed by atoms with E-state index in [1.165, 1.54) is 4.57 Å². The number of H-pyrrole nitrogens is 1. The molecule has 3 aromatic heterocycles. The lowest BCUT2D eigenvalue weighted by molar-refractivity contribution is 0.450. The molecule has 0 unspecified atom stereocenters. The molecule has 10 N–H and O–H groups in total. The molecule has 5 rings (SSSR count). The number of guanidine groups is 1. The predicted molar refractivity (Wildman–Crippen MR) is 187 cm³/mol. The monoisotopic (exact) mass is 676 g/mol. The van der Waals surface area contributed by atoms with E-state index in [4.69, 9.17) is 34.5 Å². The van der Waals surface area contributed by atoms with Gasteiger partial charge in [0.1, 0.15) is 5.65 Å². The number of aryl methyl sites for hydroxylation is 1. The Labute approximate surface area is 282 Å². The van der Waals surface area contributed by atoms with E-state index < -0.39 is 11.5 Å². The summed E-state index contributed by atoms with van der Waals surface area (Å²) in [6, 6.07) is 12.7. The Hall–Kier alpha value is -4.63. The molecule has 0 fully saturated rings. The Morgan fingerprint density at radius 3 is 2.58 bits per heavy atom. The maximum absolute atomic E-state index is 15.2. The van der Waals surface area contributed by atoms with Crippen LogP contribution in [0.15, 0.2) is 64.6 Å². The zero-order chi connectivity index (χ0) is 34.4. The Morgan fingerprint density at radius 2 is 1.90 bits per heavy atom. The summed E-state index contributed by atoms with van der Waals surface area (Å²) in [6.45, 7) is 5.42. The molecule has 0 aliphatic heterocycles. The molecule has 3 atom stereocenters. The van der Waals surface area contributed by atoms with E-state index >= 15 is 4.39 Å². The minimum absolute atomic E-state index is 0.00913. The van der Waals surface area contributed by atoms with Crippen LogP contribution in [0.4, 0.5) is 4.39 Å². The number of fused-ring (bicyclic) bond motifs is 1. The number of hydrogen-bond donors (Lipinski definition) is 6. The first-order chi connectivity index (χ1) is 23.0. The number of rotatable bonds is 15. The van der Waals surface area contributed by atoms with Crippen LogP contribution in [-0.2, 0) is 19.5 Å². The van der Waals surface area contributed by atoms with Gasteiger partial charge in [0.2, 0.25) is 0 Å². The Morgan fingerprint density at radius 1 is 1.12 bits per heavy atom. The van der Waals surface area contributed by atoms with Gasteiger partial charge in [-0.1, -0.05) is 28.9 Å². The van der Waals surface area contributed by atoms with Crippen LogP contribution in [0.3, 0.4) is 0 Å². The quantitative estimate of drug-likeness (QED) is 0.0709. The zero-order valence-electron chi connectivity index (χ0n) is 27.0. The first-order valence-electron chi connectivity index (χ1n) is 15.9. The first kappa shape index (κ1) is 34.7. The second kappa shape index (κ2) is 15.5. The SMILES string of the molecule is C[C@H](N)CCCc1cc(Cl)c(F)c(-c2cc3cn(-c4ccc([C@H](C)NCC[C@@H](Cn5cc(CN)nn5)N=C(N)N)cc4)c(=O)nc3[nH]2)c1. The largest absolute Gasteiger partial charge is 0.370 e. The van der Waals surface area contributed by atoms with Crippen LogP contribution in [0.1, 0.15) is 56.0 Å². The fourth-order valence-corrected chi connectivity index (χ4v) is 5.83. The summed E-state index contributed by atoms with van der Waals surface area (Å²) in [6.07, 6.45) is 6.57. The number of nitrogens with one attached hydrogen (secondary N) is 2. The van der Waals surface area contributed by atoms with E-state index in [1.54, 1.807) is 35.3 Å². The molecule has 0 aliphatic rings. The van der Waals surface area contributed by atoms with Gasteiger partial charge in [0, 0.05) is 42.0 Å². The smallest absolute Gasteiger partial charge is 0.354 e. The van der Waals surface area contributed by atoms with E-state index in [0.717, 1.165) is 30.4 Å². The second-order valence-corrected chi connectivity index (χ2v) is 12.5. The van der Waals surface area contributed by atoms with E-state index in [1.807, 2.05) is 31.2 Å². The lowest BCUT2D eigenvalue weighted by atomic mass is 10.0. The Bertz CT molecular complexity index is 1930. The molecule has 13 nitrogen and oxygen atoms in total. The third-order valence-electron chi connectivity index (χ3n) is 8.14. The summed E-state index contributed by atoms with van der Waals surface area (Å²) in [5.74, 6) is -0.521. The third kappa shape index (κ3) is 8.63. The lowest BCUT2D eigenvalue weighted by Gasteiger charge is -2.18. The molecule has 254 valence electrons. The third-order valence-corrected chi connectivity index (χ3v) is 8.41. The number of aromatic nitrogens is 6. The summed E-state index contributed by atoms with van der Waals surface area (Å²) in [5, 5.41) is 12.3. The lowest BCUT2D eigenvalue weighted by Crippen LogP contribution is -2.30. The van der Waals surface area contributed by atoms with Crippen LogP contribution in [0, 0.1) is 5.82 Å². The summed E-state index contributed by atoms with van der Waals surface area (Å²) in [4.78, 5) is 24.7. The van der Waals surface area contributed by atoms with Crippen LogP contribution < -0.4 is 33.9 Å². The zero-order valence-corrected chi connectivity index (χ0v) is 27.8. The highest BCUT2D eigenvalue weighted by Gasteiger charge is 2.16. The van der Waals surface area contributed by atoms with Crippen LogP contribution in [0.5, 0.6) is 0 Å². The van der Waals surface area contributed by atoms with Crippen LogP contribution >= 0.6 is 11.6 Å². The Balaban J connectivity index is 1.27. The maximum Gasteiger partial charge on any atom is 0.354 e. The van der Waals surface area contributed by atoms with Crippen molar-refractivity contribution in [3.8, 4) is 16.9 Å². The molecule has 5 aromatic rings. The normalized spacial score (nSPS) is 13.5. The van der Waals surface area contributed by atoms with Gasteiger partial charge in [0.05, 0.1) is 34.7 Å². The summed E-state index contributed by atoms with van der Waals surface area (Å²) in [5.41, 5.74) is 26.8. The molecule has 48 heavy (non-hydrogen) atoms. The molecule has 0 amide bonds. The molecule has 0 aliphatic carbocycles. The summed E-state index contributed by atoms with van der Waals surface area (Å²) in [7, 11) is 0. The average molecular weight is 677 g/mol. The number of halogens is 2.